The van der Waals surface area contributed by atoms with Crippen LogP contribution in [0.1, 0.15) is 11.3 Å². The highest BCUT2D eigenvalue weighted by Crippen LogP contribution is 2.39. The Morgan fingerprint density at radius 3 is 2.62 bits per heavy atom. The van der Waals surface area contributed by atoms with Gasteiger partial charge in [-0.1, -0.05) is 17.7 Å². The number of imide groups is 1. The number of benzene rings is 1. The number of carboxylic acid groups (broad SMARTS) is 1. The molecule has 0 fully saturated rings. The minimum absolute atomic E-state index is 0.179. The SMILES string of the molecule is O=C(O)N1C(=O)C(=Cc2ccc(Cl)o2)c2ccc(Cl)cc21. The van der Waals surface area contributed by atoms with E-state index in [1.165, 1.54) is 18.2 Å². The number of halogens is 2. The highest BCUT2D eigenvalue weighted by atomic mass is 35.5. The molecule has 1 N–H and O–H groups in total. The Morgan fingerprint density at radius 2 is 2.00 bits per heavy atom. The van der Waals surface area contributed by atoms with Crippen LogP contribution < -0.4 is 4.90 Å². The smallest absolute Gasteiger partial charge is 0.419 e. The Bertz CT molecular complexity index is 794. The first-order chi connectivity index (χ1) is 9.97. The van der Waals surface area contributed by atoms with Gasteiger partial charge in [0.15, 0.2) is 5.22 Å². The molecule has 1 aromatic heterocycles. The van der Waals surface area contributed by atoms with Crippen molar-refractivity contribution in [2.45, 2.75) is 0 Å². The van der Waals surface area contributed by atoms with E-state index in [0.717, 1.165) is 0 Å². The van der Waals surface area contributed by atoms with Crippen LogP contribution >= 0.6 is 23.2 Å². The van der Waals surface area contributed by atoms with Crippen LogP contribution in [0.3, 0.4) is 0 Å². The Balaban J connectivity index is 2.17. The molecule has 1 aliphatic heterocycles. The molecule has 0 spiro atoms. The predicted molar refractivity (Wildman–Crippen MR) is 78.6 cm³/mol. The monoisotopic (exact) mass is 323 g/mol. The molecular weight excluding hydrogens is 317 g/mol. The summed E-state index contributed by atoms with van der Waals surface area (Å²) in [4.78, 5) is 24.2. The number of anilines is 1. The molecule has 3 rings (SSSR count). The lowest BCUT2D eigenvalue weighted by Gasteiger charge is -2.09. The molecule has 2 aromatic rings. The van der Waals surface area contributed by atoms with Crippen LogP contribution in [-0.2, 0) is 4.79 Å². The summed E-state index contributed by atoms with van der Waals surface area (Å²) in [6.07, 6.45) is 0.0774. The largest absolute Gasteiger partial charge is 0.464 e. The van der Waals surface area contributed by atoms with Crippen LogP contribution in [0.2, 0.25) is 10.2 Å². The van der Waals surface area contributed by atoms with Crippen molar-refractivity contribution in [2.75, 3.05) is 4.90 Å². The Labute approximate surface area is 129 Å². The van der Waals surface area contributed by atoms with Gasteiger partial charge in [-0.3, -0.25) is 4.79 Å². The Morgan fingerprint density at radius 1 is 1.24 bits per heavy atom. The number of nitrogens with zero attached hydrogens (tertiary/aromatic N) is 1. The van der Waals surface area contributed by atoms with Crippen molar-refractivity contribution >= 4 is 52.5 Å². The normalized spacial score (nSPS) is 15.6. The molecule has 0 saturated carbocycles. The summed E-state index contributed by atoms with van der Waals surface area (Å²) in [6.45, 7) is 0. The van der Waals surface area contributed by atoms with Crippen molar-refractivity contribution in [3.8, 4) is 0 Å². The first-order valence-electron chi connectivity index (χ1n) is 5.81. The van der Waals surface area contributed by atoms with Crippen LogP contribution in [0.4, 0.5) is 10.5 Å². The van der Waals surface area contributed by atoms with Crippen molar-refractivity contribution in [2.24, 2.45) is 0 Å². The van der Waals surface area contributed by atoms with E-state index in [4.69, 9.17) is 27.6 Å². The summed E-state index contributed by atoms with van der Waals surface area (Å²) < 4.78 is 5.17. The maximum atomic E-state index is 12.3. The third-order valence-corrected chi connectivity index (χ3v) is 3.43. The molecule has 2 amide bonds. The molecule has 2 heterocycles. The van der Waals surface area contributed by atoms with E-state index in [-0.39, 0.29) is 16.5 Å². The number of hydrogen-bond acceptors (Lipinski definition) is 3. The first kappa shape index (κ1) is 13.7. The first-order valence-corrected chi connectivity index (χ1v) is 6.57. The fourth-order valence-corrected chi connectivity index (χ4v) is 2.46. The van der Waals surface area contributed by atoms with Gasteiger partial charge in [-0.25, -0.2) is 9.69 Å². The number of carbonyl (C=O) groups excluding carboxylic acids is 1. The summed E-state index contributed by atoms with van der Waals surface area (Å²) in [5.41, 5.74) is 0.901. The Hall–Kier alpha value is -2.24. The van der Waals surface area contributed by atoms with Gasteiger partial charge in [0, 0.05) is 10.6 Å². The predicted octanol–water partition coefficient (Wildman–Crippen LogP) is 4.15. The standard InChI is InChI=1S/C14H7Cl2NO4/c15-7-1-3-9-10(6-8-2-4-12(16)21-8)13(18)17(14(19)20)11(9)5-7/h1-6H,(H,19,20). The molecule has 0 radical (unpaired) electrons. The van der Waals surface area contributed by atoms with Gasteiger partial charge in [0.25, 0.3) is 5.91 Å². The quantitative estimate of drug-likeness (QED) is 0.800. The molecule has 106 valence electrons. The molecule has 1 aliphatic rings. The summed E-state index contributed by atoms with van der Waals surface area (Å²) >= 11 is 11.5. The lowest BCUT2D eigenvalue weighted by molar-refractivity contribution is -0.112. The number of amides is 2. The van der Waals surface area contributed by atoms with E-state index in [1.807, 2.05) is 0 Å². The molecule has 0 unspecified atom stereocenters. The van der Waals surface area contributed by atoms with Crippen LogP contribution in [0.15, 0.2) is 34.7 Å². The van der Waals surface area contributed by atoms with Crippen LogP contribution in [0.5, 0.6) is 0 Å². The molecule has 0 bridgehead atoms. The molecule has 5 nitrogen and oxygen atoms in total. The third kappa shape index (κ3) is 2.30. The second kappa shape index (κ2) is 4.95. The minimum Gasteiger partial charge on any atom is -0.464 e. The van der Waals surface area contributed by atoms with Gasteiger partial charge >= 0.3 is 6.09 Å². The van der Waals surface area contributed by atoms with E-state index in [0.29, 0.717) is 21.2 Å². The maximum absolute atomic E-state index is 12.3. The zero-order valence-corrected chi connectivity index (χ0v) is 11.9. The van der Waals surface area contributed by atoms with Gasteiger partial charge in [-0.2, -0.15) is 0 Å². The van der Waals surface area contributed by atoms with E-state index in [1.54, 1.807) is 18.2 Å². The van der Waals surface area contributed by atoms with Crippen molar-refractivity contribution in [3.05, 3.63) is 51.9 Å². The van der Waals surface area contributed by atoms with Gasteiger partial charge in [-0.15, -0.1) is 0 Å². The molecule has 0 atom stereocenters. The summed E-state index contributed by atoms with van der Waals surface area (Å²) in [6, 6.07) is 7.72. The van der Waals surface area contributed by atoms with Gasteiger partial charge in [0.05, 0.1) is 11.3 Å². The highest BCUT2D eigenvalue weighted by Gasteiger charge is 2.37. The number of carbonyl (C=O) groups is 2. The average Bonchev–Trinajstić information content (AvgIpc) is 2.92. The Kier molecular flexibility index (Phi) is 3.23. The molecule has 7 heteroatoms. The van der Waals surface area contributed by atoms with Crippen molar-refractivity contribution in [1.82, 2.24) is 0 Å². The van der Waals surface area contributed by atoms with Gasteiger partial charge in [0.1, 0.15) is 5.76 Å². The third-order valence-electron chi connectivity index (χ3n) is 3.00. The maximum Gasteiger partial charge on any atom is 0.419 e. The van der Waals surface area contributed by atoms with Crippen LogP contribution in [0.25, 0.3) is 11.6 Å². The topological polar surface area (TPSA) is 70.8 Å². The zero-order valence-electron chi connectivity index (χ0n) is 10.3. The molecule has 21 heavy (non-hydrogen) atoms. The number of furan rings is 1. The molecule has 0 saturated heterocycles. The minimum atomic E-state index is -1.37. The molecule has 1 aromatic carbocycles. The van der Waals surface area contributed by atoms with Crippen molar-refractivity contribution < 1.29 is 19.1 Å². The second-order valence-electron chi connectivity index (χ2n) is 4.28. The number of rotatable bonds is 1. The second-order valence-corrected chi connectivity index (χ2v) is 5.09. The van der Waals surface area contributed by atoms with Gasteiger partial charge < -0.3 is 9.52 Å². The van der Waals surface area contributed by atoms with E-state index < -0.39 is 12.0 Å². The number of hydrogen-bond donors (Lipinski definition) is 1. The van der Waals surface area contributed by atoms with Crippen molar-refractivity contribution in [3.63, 3.8) is 0 Å². The molecular formula is C14H7Cl2NO4. The molecule has 0 aliphatic carbocycles. The van der Waals surface area contributed by atoms with Crippen LogP contribution in [0, 0.1) is 0 Å². The summed E-state index contributed by atoms with van der Waals surface area (Å²) in [5, 5.41) is 9.72. The van der Waals surface area contributed by atoms with E-state index in [9.17, 15) is 14.7 Å². The lowest BCUT2D eigenvalue weighted by atomic mass is 10.1. The fraction of sp³-hybridized carbons (Fsp3) is 0. The lowest BCUT2D eigenvalue weighted by Crippen LogP contribution is -2.31. The van der Waals surface area contributed by atoms with Crippen molar-refractivity contribution in [1.29, 1.82) is 0 Å². The fourth-order valence-electron chi connectivity index (χ4n) is 2.14. The average molecular weight is 324 g/mol. The zero-order chi connectivity index (χ0) is 15.1. The highest BCUT2D eigenvalue weighted by molar-refractivity contribution is 6.42. The summed E-state index contributed by atoms with van der Waals surface area (Å²) in [5.74, 6) is -0.302. The van der Waals surface area contributed by atoms with E-state index >= 15 is 0 Å². The van der Waals surface area contributed by atoms with Crippen LogP contribution in [-0.4, -0.2) is 17.1 Å². The van der Waals surface area contributed by atoms with Gasteiger partial charge in [0.2, 0.25) is 0 Å². The van der Waals surface area contributed by atoms with Gasteiger partial charge in [-0.05, 0) is 41.9 Å². The van der Waals surface area contributed by atoms with E-state index in [2.05, 4.69) is 0 Å². The summed E-state index contributed by atoms with van der Waals surface area (Å²) in [7, 11) is 0. The number of fused-ring (bicyclic) bond motifs is 1.